The van der Waals surface area contributed by atoms with Crippen LogP contribution in [0.2, 0.25) is 0 Å². The van der Waals surface area contributed by atoms with E-state index in [1.807, 2.05) is 0 Å². The number of ether oxygens (including phenoxy) is 6. The molecule has 24 heteroatoms. The van der Waals surface area contributed by atoms with Crippen LogP contribution in [0.25, 0.3) is 64.6 Å². The van der Waals surface area contributed by atoms with Crippen molar-refractivity contribution in [3.63, 3.8) is 0 Å². The zero-order chi connectivity index (χ0) is 59.2. The summed E-state index contributed by atoms with van der Waals surface area (Å²) in [6.07, 6.45) is 0. The van der Waals surface area contributed by atoms with E-state index in [-0.39, 0.29) is 172 Å². The van der Waals surface area contributed by atoms with E-state index in [9.17, 15) is 57.5 Å². The molecule has 0 atom stereocenters. The van der Waals surface area contributed by atoms with Crippen LogP contribution in [-0.2, 0) is 39.3 Å². The van der Waals surface area contributed by atoms with Gasteiger partial charge in [0, 0.05) is 33.4 Å². The van der Waals surface area contributed by atoms with Gasteiger partial charge in [0.2, 0.25) is 0 Å². The summed E-state index contributed by atoms with van der Waals surface area (Å²) in [5.74, 6) is 0.738. The number of hydrogen-bond donors (Lipinski definition) is 0. The van der Waals surface area contributed by atoms with Crippen molar-refractivity contribution in [3.05, 3.63) is 230 Å². The van der Waals surface area contributed by atoms with Gasteiger partial charge in [0.15, 0.2) is 0 Å². The van der Waals surface area contributed by atoms with E-state index in [1.165, 1.54) is 115 Å². The molecular formula is C60H42N6O18. The van der Waals surface area contributed by atoms with E-state index < -0.39 is 66.7 Å². The summed E-state index contributed by atoms with van der Waals surface area (Å²) in [5, 5.41) is -1.80. The Kier molecular flexibility index (Phi) is 11.7. The third-order valence-corrected chi connectivity index (χ3v) is 16.2. The molecule has 0 saturated carbocycles. The average Bonchev–Trinajstić information content (AvgIpc) is 1.82. The fourth-order valence-electron chi connectivity index (χ4n) is 11.9. The largest absolute Gasteiger partial charge is 0.496 e. The van der Waals surface area contributed by atoms with E-state index in [4.69, 9.17) is 28.4 Å². The van der Waals surface area contributed by atoms with Crippen LogP contribution in [0.4, 0.5) is 0 Å². The standard InChI is InChI=1S/C60H42N6O18/c1-79-43-7-26-20-62-51(69)33-15-37-38(16-34(33)52(62)70)56(74)64(55(37)73)22-28-10-48(84-6)30(12-47(28)83-5)24-66-59(77)41-17-39-40(18-42(41)60(66)78)58(76)65(57(39)75)23-29-11-45(81-3)27(9-46(29)82-4)21-63-53(71)35-13-31-32(14-36(35)54(63)72)50(68)61(49(31)67)19-25(43)8-44(26)80-2/h7-18H,19-24H2,1-6H3. The number of benzene rings is 6. The molecule has 24 nitrogen and oxygen atoms in total. The lowest BCUT2D eigenvalue weighted by atomic mass is 10.1. The molecule has 16 aliphatic heterocycles. The fraction of sp³-hybridized carbons (Fsp3) is 0.200. The lowest BCUT2D eigenvalue weighted by Crippen LogP contribution is -2.27. The summed E-state index contributed by atoms with van der Waals surface area (Å²) in [6, 6.07) is 15.9. The fourth-order valence-corrected chi connectivity index (χ4v) is 11.9. The molecule has 0 radical (unpaired) electrons. The van der Waals surface area contributed by atoms with Crippen molar-refractivity contribution in [1.29, 1.82) is 0 Å². The molecule has 84 heavy (non-hydrogen) atoms. The van der Waals surface area contributed by atoms with Crippen molar-refractivity contribution in [3.8, 4) is 34.5 Å². The van der Waals surface area contributed by atoms with Gasteiger partial charge < -0.3 is 28.4 Å². The lowest BCUT2D eigenvalue weighted by Gasteiger charge is -2.15. The van der Waals surface area contributed by atoms with Crippen LogP contribution < -0.4 is 95.1 Å². The summed E-state index contributed by atoms with van der Waals surface area (Å²) in [6.45, 7) is -2.33. The Balaban J connectivity index is 0.986. The summed E-state index contributed by atoms with van der Waals surface area (Å²) in [7, 11) is 7.96. The summed E-state index contributed by atoms with van der Waals surface area (Å²) in [5.41, 5.74) is -7.93. The lowest BCUT2D eigenvalue weighted by molar-refractivity contribution is 0.392. The average molecular weight is 1140 g/mol. The minimum atomic E-state index is -0.791. The summed E-state index contributed by atoms with van der Waals surface area (Å²) >= 11 is 0. The predicted octanol–water partition coefficient (Wildman–Crippen LogP) is 1.02. The quantitative estimate of drug-likeness (QED) is 0.225. The molecule has 16 aliphatic rings. The van der Waals surface area contributed by atoms with E-state index in [1.54, 1.807) is 0 Å². The topological polar surface area (TPSA) is 290 Å². The molecule has 0 saturated heterocycles. The van der Waals surface area contributed by atoms with Crippen molar-refractivity contribution in [1.82, 2.24) is 27.4 Å². The zero-order valence-electron chi connectivity index (χ0n) is 45.2. The van der Waals surface area contributed by atoms with Gasteiger partial charge in [-0.2, -0.15) is 0 Å². The Morgan fingerprint density at radius 3 is 0.405 bits per heavy atom. The van der Waals surface area contributed by atoms with E-state index in [2.05, 4.69) is 0 Å². The molecule has 0 N–H and O–H groups in total. The van der Waals surface area contributed by atoms with Crippen molar-refractivity contribution < 1.29 is 28.4 Å². The van der Waals surface area contributed by atoms with Gasteiger partial charge in [-0.3, -0.25) is 84.9 Å². The Bertz CT molecular complexity index is 4530. The second kappa shape index (κ2) is 18.8. The molecule has 0 unspecified atom stereocenters. The van der Waals surface area contributed by atoms with Gasteiger partial charge in [0.05, 0.1) is 147 Å². The number of hydrogen-bond acceptors (Lipinski definition) is 18. The van der Waals surface area contributed by atoms with Crippen LogP contribution in [0, 0.1) is 0 Å². The Morgan fingerprint density at radius 2 is 0.310 bits per heavy atom. The van der Waals surface area contributed by atoms with Gasteiger partial charge in [0.1, 0.15) is 34.5 Å². The first-order chi connectivity index (χ1) is 40.3. The highest BCUT2D eigenvalue weighted by Crippen LogP contribution is 2.34. The van der Waals surface area contributed by atoms with E-state index >= 15 is 0 Å². The molecule has 0 aliphatic carbocycles. The molecule has 22 heterocycles. The minimum Gasteiger partial charge on any atom is -0.496 e. The second-order valence-electron chi connectivity index (χ2n) is 20.4. The van der Waals surface area contributed by atoms with Gasteiger partial charge in [-0.25, -0.2) is 0 Å². The monoisotopic (exact) mass is 1130 g/mol. The van der Waals surface area contributed by atoms with Gasteiger partial charge in [-0.15, -0.1) is 0 Å². The number of methoxy groups -OCH3 is 6. The molecule has 0 spiro atoms. The van der Waals surface area contributed by atoms with Crippen LogP contribution >= 0.6 is 0 Å². The van der Waals surface area contributed by atoms with Crippen LogP contribution in [0.3, 0.4) is 0 Å². The normalized spacial score (nSPS) is 12.9. The minimum absolute atomic E-state index is 0.123. The molecule has 420 valence electrons. The van der Waals surface area contributed by atoms with Gasteiger partial charge >= 0.3 is 0 Å². The van der Waals surface area contributed by atoms with Gasteiger partial charge in [-0.1, -0.05) is 0 Å². The van der Waals surface area contributed by atoms with Gasteiger partial charge in [-0.05, 0) is 72.8 Å². The van der Waals surface area contributed by atoms with Crippen LogP contribution in [0.5, 0.6) is 34.5 Å². The highest BCUT2D eigenvalue weighted by Gasteiger charge is 2.28. The predicted molar refractivity (Wildman–Crippen MR) is 308 cm³/mol. The Hall–Kier alpha value is -11.0. The maximum absolute atomic E-state index is 14.2. The van der Waals surface area contributed by atoms with Crippen LogP contribution in [0.15, 0.2) is 130 Å². The first-order valence-corrected chi connectivity index (χ1v) is 25.8. The number of aromatic nitrogens is 6. The van der Waals surface area contributed by atoms with E-state index in [0.717, 1.165) is 27.4 Å². The Labute approximate surface area is 465 Å². The third-order valence-electron chi connectivity index (χ3n) is 16.2. The first kappa shape index (κ1) is 52.3. The molecule has 0 amide bonds. The highest BCUT2D eigenvalue weighted by molar-refractivity contribution is 6.00. The Morgan fingerprint density at radius 1 is 0.202 bits per heavy atom. The maximum atomic E-state index is 14.2. The SMILES string of the molecule is COc1cc2c(OC)cc1Cn1c(=O)c3cc4c(=O)n(c(=O)c4cc3c1=O)Cc1cc(OC)c(cc1OC)Cn1c(=O)c3cc4c(=O)n(c(=O)c4cc3c1=O)Cc1cc(OC)c(cc1OC)Cn1c(=O)c3cc4c(=O)n(c(=O)c4cc3c1=O)C2. The van der Waals surface area contributed by atoms with Gasteiger partial charge in [0.25, 0.3) is 66.7 Å². The molecule has 12 aromatic rings. The zero-order valence-corrected chi connectivity index (χ0v) is 45.2. The molecular weight excluding hydrogens is 1090 g/mol. The van der Waals surface area contributed by atoms with Crippen molar-refractivity contribution >= 4 is 64.6 Å². The van der Waals surface area contributed by atoms with Crippen LogP contribution in [-0.4, -0.2) is 70.1 Å². The summed E-state index contributed by atoms with van der Waals surface area (Å²) in [4.78, 5) is 170. The maximum Gasteiger partial charge on any atom is 0.261 e. The molecule has 24 bridgehead atoms. The molecule has 6 aromatic carbocycles. The summed E-state index contributed by atoms with van der Waals surface area (Å²) < 4.78 is 39.6. The smallest absolute Gasteiger partial charge is 0.261 e. The second-order valence-corrected chi connectivity index (χ2v) is 20.4. The van der Waals surface area contributed by atoms with Crippen molar-refractivity contribution in [2.24, 2.45) is 0 Å². The van der Waals surface area contributed by atoms with Crippen LogP contribution in [0.1, 0.15) is 33.4 Å². The van der Waals surface area contributed by atoms with Crippen molar-refractivity contribution in [2.75, 3.05) is 42.7 Å². The molecule has 28 rings (SSSR count). The number of rotatable bonds is 6. The number of nitrogens with zero attached hydrogens (tertiary/aromatic N) is 6. The van der Waals surface area contributed by atoms with E-state index in [0.29, 0.717) is 0 Å². The molecule has 6 aromatic heterocycles. The highest BCUT2D eigenvalue weighted by atomic mass is 16.5. The van der Waals surface area contributed by atoms with Crippen molar-refractivity contribution in [2.45, 2.75) is 39.3 Å². The first-order valence-electron chi connectivity index (χ1n) is 25.8. The third kappa shape index (κ3) is 7.38. The molecule has 0 fully saturated rings.